The summed E-state index contributed by atoms with van der Waals surface area (Å²) in [5.74, 6) is -2.20. The van der Waals surface area contributed by atoms with Gasteiger partial charge < -0.3 is 19.8 Å². The summed E-state index contributed by atoms with van der Waals surface area (Å²) < 4.78 is 19.7. The fourth-order valence-corrected chi connectivity index (χ4v) is 5.09. The Bertz CT molecular complexity index is 927. The first kappa shape index (κ1) is 27.3. The Hall–Kier alpha value is -2.27. The van der Waals surface area contributed by atoms with Crippen molar-refractivity contribution in [2.75, 3.05) is 44.2 Å². The second kappa shape index (κ2) is 11.2. The highest BCUT2D eigenvalue weighted by Crippen LogP contribution is 2.38. The van der Waals surface area contributed by atoms with Crippen LogP contribution in [0, 0.1) is 17.7 Å². The molecule has 3 aliphatic rings. The van der Waals surface area contributed by atoms with Crippen LogP contribution in [0.4, 0.5) is 10.1 Å². The van der Waals surface area contributed by atoms with E-state index >= 15 is 0 Å². The number of hydrogen-bond donors (Lipinski definition) is 2. The molecule has 4 unspecified atom stereocenters. The third kappa shape index (κ3) is 5.94. The molecule has 194 valence electrons. The molecule has 0 radical (unpaired) electrons. The third-order valence-corrected chi connectivity index (χ3v) is 6.82. The second-order valence-corrected chi connectivity index (χ2v) is 9.66. The summed E-state index contributed by atoms with van der Waals surface area (Å²) in [6, 6.07) is 4.45. The summed E-state index contributed by atoms with van der Waals surface area (Å²) in [6.45, 7) is 5.90. The van der Waals surface area contributed by atoms with Crippen LogP contribution in [0.2, 0.25) is 0 Å². The van der Waals surface area contributed by atoms with Crippen molar-refractivity contribution < 1.29 is 33.7 Å². The molecular formula is C24H33ClFN3O6. The van der Waals surface area contributed by atoms with Crippen LogP contribution in [0.15, 0.2) is 18.2 Å². The van der Waals surface area contributed by atoms with Crippen molar-refractivity contribution in [3.8, 4) is 5.75 Å². The van der Waals surface area contributed by atoms with Gasteiger partial charge in [0.15, 0.2) is 5.78 Å². The van der Waals surface area contributed by atoms with Gasteiger partial charge in [0.25, 0.3) is 0 Å². The zero-order valence-electron chi connectivity index (χ0n) is 19.9. The first-order valence-corrected chi connectivity index (χ1v) is 11.8. The summed E-state index contributed by atoms with van der Waals surface area (Å²) in [5.41, 5.74) is 0.680. The third-order valence-electron chi connectivity index (χ3n) is 6.82. The van der Waals surface area contributed by atoms with E-state index in [2.05, 4.69) is 0 Å². The number of amides is 2. The van der Waals surface area contributed by atoms with Crippen LogP contribution >= 0.6 is 12.4 Å². The van der Waals surface area contributed by atoms with Crippen LogP contribution < -0.4 is 9.64 Å². The number of carbonyl (C=O) groups excluding carboxylic acids is 3. The Kier molecular flexibility index (Phi) is 8.74. The Morgan fingerprint density at radius 3 is 2.14 bits per heavy atom. The molecule has 1 aromatic carbocycles. The maximum atomic E-state index is 13.9. The van der Waals surface area contributed by atoms with E-state index in [1.54, 1.807) is 6.07 Å². The summed E-state index contributed by atoms with van der Waals surface area (Å²) in [6.07, 6.45) is -2.05. The average molecular weight is 514 g/mol. The normalized spacial score (nSPS) is 27.1. The van der Waals surface area contributed by atoms with E-state index in [9.17, 15) is 29.0 Å². The van der Waals surface area contributed by atoms with Crippen LogP contribution in [0.5, 0.6) is 5.75 Å². The molecule has 2 saturated heterocycles. The molecule has 1 aromatic rings. The summed E-state index contributed by atoms with van der Waals surface area (Å²) in [5, 5.41) is 19.7. The van der Waals surface area contributed by atoms with Gasteiger partial charge in [-0.1, -0.05) is 0 Å². The quantitative estimate of drug-likeness (QED) is 0.516. The van der Waals surface area contributed by atoms with E-state index in [1.165, 1.54) is 12.1 Å². The van der Waals surface area contributed by atoms with Crippen molar-refractivity contribution in [2.24, 2.45) is 11.8 Å². The number of Topliss-reactive ketones (excluding diaryl/α,β-unsaturated/α-hetero) is 1. The molecule has 9 nitrogen and oxygen atoms in total. The second-order valence-electron chi connectivity index (χ2n) is 9.66. The number of anilines is 1. The number of carbonyl (C=O) groups is 3. The average Bonchev–Trinajstić information content (AvgIpc) is 3.00. The molecule has 1 aliphatic carbocycles. The molecule has 11 heteroatoms. The molecular weight excluding hydrogens is 481 g/mol. The molecule has 4 atom stereocenters. The highest BCUT2D eigenvalue weighted by molar-refractivity contribution is 6.07. The molecule has 4 rings (SSSR count). The number of ether oxygens (including phenoxy) is 1. The molecule has 3 fully saturated rings. The van der Waals surface area contributed by atoms with Gasteiger partial charge in [-0.25, -0.2) is 4.39 Å². The molecule has 2 heterocycles. The summed E-state index contributed by atoms with van der Waals surface area (Å²) in [4.78, 5) is 43.0. The Morgan fingerprint density at radius 2 is 1.60 bits per heavy atom. The standard InChI is InChI=1S/C24H32FN3O6.ClH/c1-14(2)34-22-4-3-15(25)9-19(22)27-7-5-26(6-8-27)12-16(29)13-28-23(32)17-10-20(30)21(31)11-18(17)24(28)33;/h3-4,9,14,17-18,20-21,30-31H,5-8,10-13H2,1-2H3;1H. The maximum Gasteiger partial charge on any atom is 0.233 e. The predicted octanol–water partition coefficient (Wildman–Crippen LogP) is 0.843. The number of likely N-dealkylation sites (tertiary alicyclic amines) is 1. The van der Waals surface area contributed by atoms with Crippen molar-refractivity contribution in [1.29, 1.82) is 0 Å². The number of aliphatic hydroxyl groups excluding tert-OH is 2. The largest absolute Gasteiger partial charge is 0.489 e. The minimum absolute atomic E-state index is 0. The number of ketones is 1. The number of piperazine rings is 1. The smallest absolute Gasteiger partial charge is 0.233 e. The number of fused-ring (bicyclic) bond motifs is 1. The van der Waals surface area contributed by atoms with E-state index < -0.39 is 35.9 Å². The topological polar surface area (TPSA) is 111 Å². The highest BCUT2D eigenvalue weighted by Gasteiger charge is 2.52. The van der Waals surface area contributed by atoms with E-state index in [-0.39, 0.29) is 56.0 Å². The molecule has 0 aromatic heterocycles. The van der Waals surface area contributed by atoms with E-state index in [0.29, 0.717) is 37.6 Å². The van der Waals surface area contributed by atoms with Crippen molar-refractivity contribution in [1.82, 2.24) is 9.80 Å². The van der Waals surface area contributed by atoms with Crippen molar-refractivity contribution in [3.63, 3.8) is 0 Å². The summed E-state index contributed by atoms with van der Waals surface area (Å²) in [7, 11) is 0. The van der Waals surface area contributed by atoms with E-state index in [1.807, 2.05) is 23.6 Å². The van der Waals surface area contributed by atoms with Gasteiger partial charge in [-0.15, -0.1) is 12.4 Å². The van der Waals surface area contributed by atoms with Crippen LogP contribution in [0.3, 0.4) is 0 Å². The van der Waals surface area contributed by atoms with Crippen LogP contribution in [-0.2, 0) is 14.4 Å². The minimum Gasteiger partial charge on any atom is -0.489 e. The molecule has 0 bridgehead atoms. The van der Waals surface area contributed by atoms with Crippen molar-refractivity contribution in [2.45, 2.75) is 45.0 Å². The number of aliphatic hydroxyl groups is 2. The first-order valence-electron chi connectivity index (χ1n) is 11.8. The van der Waals surface area contributed by atoms with Crippen LogP contribution in [-0.4, -0.2) is 95.2 Å². The lowest BCUT2D eigenvalue weighted by Gasteiger charge is -2.36. The fraction of sp³-hybridized carbons (Fsp3) is 0.625. The number of rotatable bonds is 7. The molecule has 2 N–H and O–H groups in total. The number of imide groups is 1. The Labute approximate surface area is 210 Å². The number of hydrogen-bond acceptors (Lipinski definition) is 8. The van der Waals surface area contributed by atoms with Crippen molar-refractivity contribution >= 4 is 35.7 Å². The van der Waals surface area contributed by atoms with Gasteiger partial charge in [-0.3, -0.25) is 24.2 Å². The fourth-order valence-electron chi connectivity index (χ4n) is 5.09. The first-order chi connectivity index (χ1) is 16.1. The zero-order chi connectivity index (χ0) is 24.6. The lowest BCUT2D eigenvalue weighted by atomic mass is 9.78. The molecule has 1 saturated carbocycles. The minimum atomic E-state index is -1.03. The number of benzene rings is 1. The van der Waals surface area contributed by atoms with Gasteiger partial charge in [-0.05, 0) is 38.8 Å². The zero-order valence-corrected chi connectivity index (χ0v) is 20.7. The van der Waals surface area contributed by atoms with Gasteiger partial charge in [0, 0.05) is 32.2 Å². The molecule has 0 spiro atoms. The van der Waals surface area contributed by atoms with Gasteiger partial charge in [0.1, 0.15) is 11.6 Å². The van der Waals surface area contributed by atoms with Gasteiger partial charge >= 0.3 is 0 Å². The number of halogens is 2. The van der Waals surface area contributed by atoms with Gasteiger partial charge in [0.05, 0.1) is 48.9 Å². The van der Waals surface area contributed by atoms with E-state index in [0.717, 1.165) is 4.90 Å². The Balaban J connectivity index is 0.00000342. The SMILES string of the molecule is CC(C)Oc1ccc(F)cc1N1CCN(CC(=O)CN2C(=O)C3CC(O)C(O)CC3C2=O)CC1.Cl. The lowest BCUT2D eigenvalue weighted by Crippen LogP contribution is -2.49. The predicted molar refractivity (Wildman–Crippen MR) is 128 cm³/mol. The van der Waals surface area contributed by atoms with E-state index in [4.69, 9.17) is 4.74 Å². The maximum absolute atomic E-state index is 13.9. The van der Waals surface area contributed by atoms with Crippen LogP contribution in [0.1, 0.15) is 26.7 Å². The van der Waals surface area contributed by atoms with Gasteiger partial charge in [0.2, 0.25) is 11.8 Å². The van der Waals surface area contributed by atoms with Gasteiger partial charge in [-0.2, -0.15) is 0 Å². The van der Waals surface area contributed by atoms with Crippen LogP contribution in [0.25, 0.3) is 0 Å². The monoisotopic (exact) mass is 513 g/mol. The molecule has 2 aliphatic heterocycles. The molecule has 35 heavy (non-hydrogen) atoms. The highest BCUT2D eigenvalue weighted by atomic mass is 35.5. The summed E-state index contributed by atoms with van der Waals surface area (Å²) >= 11 is 0. The van der Waals surface area contributed by atoms with Crippen molar-refractivity contribution in [3.05, 3.63) is 24.0 Å². The lowest BCUT2D eigenvalue weighted by molar-refractivity contribution is -0.143. The number of nitrogens with zero attached hydrogens (tertiary/aromatic N) is 3. The Morgan fingerprint density at radius 1 is 1.03 bits per heavy atom. The molecule has 2 amide bonds.